The van der Waals surface area contributed by atoms with Gasteiger partial charge in [0.05, 0.1) is 17.3 Å². The number of alkyl halides is 3. The lowest BCUT2D eigenvalue weighted by atomic mass is 10.0. The van der Waals surface area contributed by atoms with Crippen LogP contribution in [0.15, 0.2) is 18.2 Å². The molecule has 0 aliphatic heterocycles. The fraction of sp³-hybridized carbons (Fsp3) is 0.273. The number of carbonyl (C=O) groups excluding carboxylic acids is 1. The van der Waals surface area contributed by atoms with Gasteiger partial charge in [-0.3, -0.25) is 4.79 Å². The van der Waals surface area contributed by atoms with Crippen LogP contribution in [0.5, 0.6) is 0 Å². The molecular weight excluding hydrogens is 266 g/mol. The Morgan fingerprint density at radius 1 is 1.42 bits per heavy atom. The van der Waals surface area contributed by atoms with Gasteiger partial charge in [0, 0.05) is 0 Å². The molecule has 102 valence electrons. The third-order valence-electron chi connectivity index (χ3n) is 2.41. The number of carbonyl (C=O) groups is 1. The third kappa shape index (κ3) is 3.00. The first-order valence-corrected chi connectivity index (χ1v) is 4.96. The Bertz CT molecular complexity index is 546. The van der Waals surface area contributed by atoms with E-state index in [0.29, 0.717) is 6.92 Å². The van der Waals surface area contributed by atoms with Crippen molar-refractivity contribution >= 4 is 11.6 Å². The standard InChI is InChI=1S/C11H9F4N3O/c1-10(17,11(13,14)15)9(19)18-8-3-2-6(5-16)4-7(8)12/h2-4H,17H2,1H3,(H,18,19). The molecule has 19 heavy (non-hydrogen) atoms. The van der Waals surface area contributed by atoms with Crippen LogP contribution >= 0.6 is 0 Å². The average Bonchev–Trinajstić information content (AvgIpc) is 2.30. The molecule has 1 amide bonds. The number of hydrogen-bond donors (Lipinski definition) is 2. The fourth-order valence-corrected chi connectivity index (χ4v) is 1.07. The van der Waals surface area contributed by atoms with Crippen molar-refractivity contribution in [1.29, 1.82) is 5.26 Å². The maximum absolute atomic E-state index is 13.4. The number of nitrogens with two attached hydrogens (primary N) is 1. The van der Waals surface area contributed by atoms with Gasteiger partial charge in [0.15, 0.2) is 5.54 Å². The van der Waals surface area contributed by atoms with Crippen molar-refractivity contribution in [3.8, 4) is 6.07 Å². The van der Waals surface area contributed by atoms with Gasteiger partial charge in [-0.25, -0.2) is 4.39 Å². The Balaban J connectivity index is 2.99. The number of amides is 1. The number of hydrogen-bond acceptors (Lipinski definition) is 3. The van der Waals surface area contributed by atoms with E-state index in [1.54, 1.807) is 11.4 Å². The molecule has 1 aromatic carbocycles. The van der Waals surface area contributed by atoms with E-state index >= 15 is 0 Å². The molecule has 8 heteroatoms. The zero-order valence-corrected chi connectivity index (χ0v) is 9.68. The van der Waals surface area contributed by atoms with Crippen molar-refractivity contribution in [1.82, 2.24) is 0 Å². The minimum Gasteiger partial charge on any atom is -0.322 e. The van der Waals surface area contributed by atoms with E-state index in [1.807, 2.05) is 0 Å². The van der Waals surface area contributed by atoms with Crippen LogP contribution < -0.4 is 11.1 Å². The van der Waals surface area contributed by atoms with Gasteiger partial charge in [-0.2, -0.15) is 18.4 Å². The summed E-state index contributed by atoms with van der Waals surface area (Å²) in [7, 11) is 0. The maximum Gasteiger partial charge on any atom is 0.415 e. The van der Waals surface area contributed by atoms with Gasteiger partial charge < -0.3 is 11.1 Å². The highest BCUT2D eigenvalue weighted by Crippen LogP contribution is 2.29. The number of nitrogens with one attached hydrogen (secondary N) is 1. The number of nitrogens with zero attached hydrogens (tertiary/aromatic N) is 1. The van der Waals surface area contributed by atoms with Crippen LogP contribution in [-0.4, -0.2) is 17.6 Å². The molecule has 0 aromatic heterocycles. The second kappa shape index (κ2) is 4.85. The van der Waals surface area contributed by atoms with Crippen LogP contribution in [0.1, 0.15) is 12.5 Å². The summed E-state index contributed by atoms with van der Waals surface area (Å²) < 4.78 is 50.8. The summed E-state index contributed by atoms with van der Waals surface area (Å²) in [6.07, 6.45) is -4.97. The van der Waals surface area contributed by atoms with E-state index < -0.39 is 29.1 Å². The van der Waals surface area contributed by atoms with Crippen LogP contribution in [0.25, 0.3) is 0 Å². The predicted octanol–water partition coefficient (Wildman–Crippen LogP) is 1.92. The van der Waals surface area contributed by atoms with E-state index in [1.165, 1.54) is 0 Å². The lowest BCUT2D eigenvalue weighted by Gasteiger charge is -2.26. The highest BCUT2D eigenvalue weighted by molar-refractivity contribution is 5.98. The first-order chi connectivity index (χ1) is 8.59. The van der Waals surface area contributed by atoms with Crippen LogP contribution in [-0.2, 0) is 4.79 Å². The minimum absolute atomic E-state index is 0.0261. The highest BCUT2D eigenvalue weighted by Gasteiger charge is 2.54. The summed E-state index contributed by atoms with van der Waals surface area (Å²) in [6.45, 7) is 0.476. The van der Waals surface area contributed by atoms with Crippen molar-refractivity contribution in [3.63, 3.8) is 0 Å². The fourth-order valence-electron chi connectivity index (χ4n) is 1.07. The molecule has 0 spiro atoms. The molecule has 0 saturated carbocycles. The number of rotatable bonds is 2. The van der Waals surface area contributed by atoms with Gasteiger partial charge in [0.1, 0.15) is 5.82 Å². The second-order valence-electron chi connectivity index (χ2n) is 3.96. The number of benzene rings is 1. The van der Waals surface area contributed by atoms with E-state index in [0.717, 1.165) is 18.2 Å². The molecule has 0 aliphatic carbocycles. The van der Waals surface area contributed by atoms with E-state index in [2.05, 4.69) is 0 Å². The van der Waals surface area contributed by atoms with Gasteiger partial charge in [0.25, 0.3) is 5.91 Å². The van der Waals surface area contributed by atoms with Crippen LogP contribution in [0.4, 0.5) is 23.2 Å². The second-order valence-corrected chi connectivity index (χ2v) is 3.96. The Morgan fingerprint density at radius 2 is 2.00 bits per heavy atom. The third-order valence-corrected chi connectivity index (χ3v) is 2.41. The lowest BCUT2D eigenvalue weighted by Crippen LogP contribution is -2.59. The first-order valence-electron chi connectivity index (χ1n) is 4.96. The maximum atomic E-state index is 13.4. The molecule has 1 atom stereocenters. The molecule has 3 N–H and O–H groups in total. The van der Waals surface area contributed by atoms with Crippen LogP contribution in [0.2, 0.25) is 0 Å². The number of nitriles is 1. The molecule has 0 bridgehead atoms. The molecule has 0 fully saturated rings. The summed E-state index contributed by atoms with van der Waals surface area (Å²) in [6, 6.07) is 4.57. The summed E-state index contributed by atoms with van der Waals surface area (Å²) in [5.74, 6) is -2.62. The molecule has 1 aromatic rings. The van der Waals surface area contributed by atoms with Gasteiger partial charge in [-0.05, 0) is 25.1 Å². The molecule has 4 nitrogen and oxygen atoms in total. The smallest absolute Gasteiger partial charge is 0.322 e. The quantitative estimate of drug-likeness (QED) is 0.809. The molecule has 1 unspecified atom stereocenters. The Morgan fingerprint density at radius 3 is 2.42 bits per heavy atom. The zero-order valence-electron chi connectivity index (χ0n) is 9.68. The van der Waals surface area contributed by atoms with E-state index in [4.69, 9.17) is 11.0 Å². The monoisotopic (exact) mass is 275 g/mol. The molecule has 0 radical (unpaired) electrons. The Kier molecular flexibility index (Phi) is 3.81. The summed E-state index contributed by atoms with van der Waals surface area (Å²) in [4.78, 5) is 11.4. The normalized spacial score (nSPS) is 14.4. The predicted molar refractivity (Wildman–Crippen MR) is 58.4 cm³/mol. The first kappa shape index (κ1) is 14.9. The van der Waals surface area contributed by atoms with Gasteiger partial charge >= 0.3 is 6.18 Å². The summed E-state index contributed by atoms with van der Waals surface area (Å²) in [5, 5.41) is 10.2. The number of anilines is 1. The molecule has 0 heterocycles. The molecule has 0 saturated heterocycles. The molecule has 1 rings (SSSR count). The van der Waals surface area contributed by atoms with Crippen molar-refractivity contribution in [2.24, 2.45) is 5.73 Å². The Labute approximate surface area is 105 Å². The number of halogens is 4. The van der Waals surface area contributed by atoms with Gasteiger partial charge in [0.2, 0.25) is 0 Å². The SMILES string of the molecule is CC(N)(C(=O)Nc1ccc(C#N)cc1F)C(F)(F)F. The molecular formula is C11H9F4N3O. The van der Waals surface area contributed by atoms with Gasteiger partial charge in [-0.15, -0.1) is 0 Å². The van der Waals surface area contributed by atoms with Crippen molar-refractivity contribution in [3.05, 3.63) is 29.6 Å². The van der Waals surface area contributed by atoms with Gasteiger partial charge in [-0.1, -0.05) is 0 Å². The highest BCUT2D eigenvalue weighted by atomic mass is 19.4. The minimum atomic E-state index is -4.97. The van der Waals surface area contributed by atoms with Crippen molar-refractivity contribution in [2.75, 3.05) is 5.32 Å². The largest absolute Gasteiger partial charge is 0.415 e. The van der Waals surface area contributed by atoms with Crippen LogP contribution in [0, 0.1) is 17.1 Å². The zero-order chi connectivity index (χ0) is 14.8. The van der Waals surface area contributed by atoms with E-state index in [9.17, 15) is 22.4 Å². The van der Waals surface area contributed by atoms with E-state index in [-0.39, 0.29) is 5.56 Å². The topological polar surface area (TPSA) is 78.9 Å². The Hall–Kier alpha value is -2.14. The summed E-state index contributed by atoms with van der Waals surface area (Å²) >= 11 is 0. The summed E-state index contributed by atoms with van der Waals surface area (Å²) in [5.41, 5.74) is 1.23. The average molecular weight is 275 g/mol. The van der Waals surface area contributed by atoms with Crippen LogP contribution in [0.3, 0.4) is 0 Å². The molecule has 0 aliphatic rings. The lowest BCUT2D eigenvalue weighted by molar-refractivity contribution is -0.184. The van der Waals surface area contributed by atoms with Crippen molar-refractivity contribution in [2.45, 2.75) is 18.6 Å². The van der Waals surface area contributed by atoms with Crippen molar-refractivity contribution < 1.29 is 22.4 Å².